The minimum absolute atomic E-state index is 0.645. The summed E-state index contributed by atoms with van der Waals surface area (Å²) >= 11 is 0. The molecule has 62 valence electrons. The summed E-state index contributed by atoms with van der Waals surface area (Å²) in [5.41, 5.74) is 4.48. The Labute approximate surface area is 73.9 Å². The van der Waals surface area contributed by atoms with Crippen LogP contribution in [-0.2, 0) is 0 Å². The number of hydrogen-bond donors (Lipinski definition) is 0. The van der Waals surface area contributed by atoms with E-state index in [-0.39, 0.29) is 0 Å². The summed E-state index contributed by atoms with van der Waals surface area (Å²) in [5, 5.41) is 0. The second kappa shape index (κ2) is 2.78. The van der Waals surface area contributed by atoms with E-state index >= 15 is 0 Å². The first-order chi connectivity index (χ1) is 5.83. The molecule has 0 spiro atoms. The van der Waals surface area contributed by atoms with E-state index in [1.54, 1.807) is 5.57 Å². The van der Waals surface area contributed by atoms with E-state index in [9.17, 15) is 0 Å². The molecule has 1 unspecified atom stereocenters. The van der Waals surface area contributed by atoms with Crippen LogP contribution in [0.2, 0.25) is 0 Å². The van der Waals surface area contributed by atoms with Crippen molar-refractivity contribution in [2.45, 2.75) is 26.2 Å². The van der Waals surface area contributed by atoms with Crippen molar-refractivity contribution in [3.8, 4) is 0 Å². The molecule has 0 saturated heterocycles. The van der Waals surface area contributed by atoms with Crippen molar-refractivity contribution in [2.75, 3.05) is 0 Å². The van der Waals surface area contributed by atoms with Crippen molar-refractivity contribution in [2.24, 2.45) is 0 Å². The predicted molar refractivity (Wildman–Crippen MR) is 53.1 cm³/mol. The molecule has 0 heteroatoms. The van der Waals surface area contributed by atoms with Gasteiger partial charge >= 0.3 is 0 Å². The Hall–Kier alpha value is -1.04. The average Bonchev–Trinajstić information content (AvgIpc) is 2.44. The standard InChI is InChI=1S/C12H14/c1-3-10-8-11-6-4-5-7-12(11)9(10)2/h4-9H,3H2,1-2H3. The molecule has 2 rings (SSSR count). The molecule has 0 nitrogen and oxygen atoms in total. The van der Waals surface area contributed by atoms with Crippen molar-refractivity contribution >= 4 is 6.08 Å². The van der Waals surface area contributed by atoms with E-state index < -0.39 is 0 Å². The largest absolute Gasteiger partial charge is 0.0626 e. The van der Waals surface area contributed by atoms with E-state index in [4.69, 9.17) is 0 Å². The van der Waals surface area contributed by atoms with Crippen LogP contribution in [-0.4, -0.2) is 0 Å². The van der Waals surface area contributed by atoms with Crippen LogP contribution < -0.4 is 0 Å². The van der Waals surface area contributed by atoms with Crippen LogP contribution in [0.5, 0.6) is 0 Å². The number of benzene rings is 1. The van der Waals surface area contributed by atoms with Crippen LogP contribution in [0.15, 0.2) is 29.8 Å². The topological polar surface area (TPSA) is 0 Å². The second-order valence-corrected chi connectivity index (χ2v) is 3.42. The fourth-order valence-electron chi connectivity index (χ4n) is 1.97. The minimum Gasteiger partial charge on any atom is -0.0626 e. The summed E-state index contributed by atoms with van der Waals surface area (Å²) in [6, 6.07) is 8.68. The van der Waals surface area contributed by atoms with E-state index in [1.165, 1.54) is 17.5 Å². The zero-order chi connectivity index (χ0) is 8.55. The fourth-order valence-corrected chi connectivity index (χ4v) is 1.97. The van der Waals surface area contributed by atoms with E-state index in [0.29, 0.717) is 5.92 Å². The van der Waals surface area contributed by atoms with Crippen molar-refractivity contribution in [1.82, 2.24) is 0 Å². The number of fused-ring (bicyclic) bond motifs is 1. The lowest BCUT2D eigenvalue weighted by Gasteiger charge is -2.08. The molecule has 0 heterocycles. The summed E-state index contributed by atoms with van der Waals surface area (Å²) in [6.45, 7) is 4.52. The smallest absolute Gasteiger partial charge is 0.00289 e. The fraction of sp³-hybridized carbons (Fsp3) is 0.333. The first kappa shape index (κ1) is 7.60. The van der Waals surface area contributed by atoms with Crippen LogP contribution in [0.3, 0.4) is 0 Å². The molecule has 0 N–H and O–H groups in total. The lowest BCUT2D eigenvalue weighted by Crippen LogP contribution is -1.91. The van der Waals surface area contributed by atoms with Gasteiger partial charge < -0.3 is 0 Å². The Bertz CT molecular complexity index is 321. The number of allylic oxidation sites excluding steroid dienone is 1. The van der Waals surface area contributed by atoms with Gasteiger partial charge in [-0.3, -0.25) is 0 Å². The SMILES string of the molecule is CCC1=Cc2ccccc2C1C. The first-order valence-corrected chi connectivity index (χ1v) is 4.62. The normalized spacial score (nSPS) is 20.5. The highest BCUT2D eigenvalue weighted by atomic mass is 14.2. The molecular formula is C12H14. The Morgan fingerprint density at radius 1 is 1.25 bits per heavy atom. The molecule has 1 atom stereocenters. The molecule has 12 heavy (non-hydrogen) atoms. The molecule has 0 aromatic heterocycles. The third-order valence-electron chi connectivity index (χ3n) is 2.77. The quantitative estimate of drug-likeness (QED) is 0.585. The summed E-state index contributed by atoms with van der Waals surface area (Å²) in [5.74, 6) is 0.645. The predicted octanol–water partition coefficient (Wildman–Crippen LogP) is 3.60. The molecule has 0 fully saturated rings. The highest BCUT2D eigenvalue weighted by Crippen LogP contribution is 2.36. The summed E-state index contributed by atoms with van der Waals surface area (Å²) in [7, 11) is 0. The lowest BCUT2D eigenvalue weighted by atomic mass is 9.97. The Kier molecular flexibility index (Phi) is 1.76. The van der Waals surface area contributed by atoms with Gasteiger partial charge in [0.2, 0.25) is 0 Å². The van der Waals surface area contributed by atoms with Crippen LogP contribution in [0.4, 0.5) is 0 Å². The van der Waals surface area contributed by atoms with Crippen LogP contribution in [0, 0.1) is 0 Å². The molecule has 1 aromatic carbocycles. The van der Waals surface area contributed by atoms with Gasteiger partial charge in [-0.1, -0.05) is 49.8 Å². The molecular weight excluding hydrogens is 144 g/mol. The number of rotatable bonds is 1. The van der Waals surface area contributed by atoms with E-state index in [1.807, 2.05) is 0 Å². The second-order valence-electron chi connectivity index (χ2n) is 3.42. The van der Waals surface area contributed by atoms with Crippen molar-refractivity contribution in [3.05, 3.63) is 41.0 Å². The summed E-state index contributed by atoms with van der Waals surface area (Å²) < 4.78 is 0. The lowest BCUT2D eigenvalue weighted by molar-refractivity contribution is 0.865. The molecule has 1 aliphatic rings. The van der Waals surface area contributed by atoms with Gasteiger partial charge in [0.15, 0.2) is 0 Å². The molecule has 0 radical (unpaired) electrons. The van der Waals surface area contributed by atoms with Gasteiger partial charge in [0.1, 0.15) is 0 Å². The molecule has 1 aromatic rings. The van der Waals surface area contributed by atoms with E-state index in [2.05, 4.69) is 44.2 Å². The summed E-state index contributed by atoms with van der Waals surface area (Å²) in [6.07, 6.45) is 3.51. The Morgan fingerprint density at radius 3 is 2.67 bits per heavy atom. The minimum atomic E-state index is 0.645. The maximum absolute atomic E-state index is 2.33. The van der Waals surface area contributed by atoms with Gasteiger partial charge in [-0.2, -0.15) is 0 Å². The number of hydrogen-bond acceptors (Lipinski definition) is 0. The van der Waals surface area contributed by atoms with Gasteiger partial charge in [0, 0.05) is 5.92 Å². The van der Waals surface area contributed by atoms with Gasteiger partial charge in [-0.25, -0.2) is 0 Å². The van der Waals surface area contributed by atoms with Crippen molar-refractivity contribution in [1.29, 1.82) is 0 Å². The Balaban J connectivity index is 2.47. The molecule has 1 aliphatic carbocycles. The zero-order valence-corrected chi connectivity index (χ0v) is 7.67. The third-order valence-corrected chi connectivity index (χ3v) is 2.77. The monoisotopic (exact) mass is 158 g/mol. The molecule has 0 bridgehead atoms. The average molecular weight is 158 g/mol. The third kappa shape index (κ3) is 0.989. The highest BCUT2D eigenvalue weighted by molar-refractivity contribution is 5.65. The van der Waals surface area contributed by atoms with Crippen LogP contribution in [0.25, 0.3) is 6.08 Å². The van der Waals surface area contributed by atoms with Gasteiger partial charge in [-0.05, 0) is 17.5 Å². The van der Waals surface area contributed by atoms with Gasteiger partial charge in [-0.15, -0.1) is 0 Å². The van der Waals surface area contributed by atoms with Crippen molar-refractivity contribution < 1.29 is 0 Å². The molecule has 0 amide bonds. The van der Waals surface area contributed by atoms with Crippen LogP contribution >= 0.6 is 0 Å². The van der Waals surface area contributed by atoms with Crippen LogP contribution in [0.1, 0.15) is 37.3 Å². The van der Waals surface area contributed by atoms with Crippen molar-refractivity contribution in [3.63, 3.8) is 0 Å². The Morgan fingerprint density at radius 2 is 2.00 bits per heavy atom. The maximum Gasteiger partial charge on any atom is 0.00289 e. The maximum atomic E-state index is 2.33. The first-order valence-electron chi connectivity index (χ1n) is 4.62. The van der Waals surface area contributed by atoms with Gasteiger partial charge in [0.05, 0.1) is 0 Å². The highest BCUT2D eigenvalue weighted by Gasteiger charge is 2.18. The molecule has 0 saturated carbocycles. The molecule has 0 aliphatic heterocycles. The summed E-state index contributed by atoms with van der Waals surface area (Å²) in [4.78, 5) is 0. The zero-order valence-electron chi connectivity index (χ0n) is 7.67. The van der Waals surface area contributed by atoms with E-state index in [0.717, 1.165) is 0 Å². The van der Waals surface area contributed by atoms with Gasteiger partial charge in [0.25, 0.3) is 0 Å².